The van der Waals surface area contributed by atoms with Gasteiger partial charge < -0.3 is 9.47 Å². The van der Waals surface area contributed by atoms with Crippen molar-refractivity contribution in [3.63, 3.8) is 0 Å². The van der Waals surface area contributed by atoms with Crippen LogP contribution in [0.4, 0.5) is 0 Å². The molecule has 0 aliphatic carbocycles. The van der Waals surface area contributed by atoms with E-state index in [1.807, 2.05) is 0 Å². The van der Waals surface area contributed by atoms with Gasteiger partial charge in [-0.15, -0.1) is 10.2 Å². The van der Waals surface area contributed by atoms with E-state index in [1.54, 1.807) is 0 Å². The molecule has 1 aliphatic rings. The van der Waals surface area contributed by atoms with Crippen molar-refractivity contribution in [3.05, 3.63) is 5.82 Å². The Kier molecular flexibility index (Phi) is 1.78. The smallest absolute Gasteiger partial charge is 0.205 e. The molecule has 1 atom stereocenters. The van der Waals surface area contributed by atoms with Crippen LogP contribution < -0.4 is 0 Å². The predicted molar refractivity (Wildman–Crippen MR) is 33.7 cm³/mol. The Balaban J connectivity index is 2.04. The summed E-state index contributed by atoms with van der Waals surface area (Å²) < 4.78 is 10.5. The molecule has 60 valence electrons. The average molecular weight is 156 g/mol. The fraction of sp³-hybridized carbons (Fsp3) is 0.800. The Morgan fingerprint density at radius 1 is 1.45 bits per heavy atom. The van der Waals surface area contributed by atoms with Crippen LogP contribution in [0.5, 0.6) is 0 Å². The van der Waals surface area contributed by atoms with Gasteiger partial charge in [-0.2, -0.15) is 5.21 Å². The lowest BCUT2D eigenvalue weighted by molar-refractivity contribution is -0.0935. The van der Waals surface area contributed by atoms with Gasteiger partial charge in [0.1, 0.15) is 6.10 Å². The van der Waals surface area contributed by atoms with Crippen molar-refractivity contribution in [1.82, 2.24) is 20.6 Å². The highest BCUT2D eigenvalue weighted by Gasteiger charge is 2.19. The lowest BCUT2D eigenvalue weighted by Crippen LogP contribution is -2.22. The Morgan fingerprint density at radius 2 is 2.45 bits per heavy atom. The van der Waals surface area contributed by atoms with E-state index in [-0.39, 0.29) is 6.10 Å². The van der Waals surface area contributed by atoms with E-state index in [9.17, 15) is 0 Å². The minimum atomic E-state index is -0.150. The van der Waals surface area contributed by atoms with Crippen molar-refractivity contribution in [2.75, 3.05) is 19.8 Å². The number of rotatable bonds is 1. The van der Waals surface area contributed by atoms with Gasteiger partial charge in [-0.05, 0) is 0 Å². The lowest BCUT2D eigenvalue weighted by atomic mass is 10.3. The monoisotopic (exact) mass is 156 g/mol. The predicted octanol–water partition coefficient (Wildman–Crippen LogP) is -0.712. The van der Waals surface area contributed by atoms with Gasteiger partial charge in [0.15, 0.2) is 0 Å². The van der Waals surface area contributed by atoms with Crippen molar-refractivity contribution in [2.24, 2.45) is 0 Å². The third kappa shape index (κ3) is 1.36. The first-order chi connectivity index (χ1) is 5.47. The number of nitrogens with one attached hydrogen (secondary N) is 1. The molecule has 11 heavy (non-hydrogen) atoms. The number of ether oxygens (including phenoxy) is 2. The number of hydrogen-bond acceptors (Lipinski definition) is 5. The Morgan fingerprint density at radius 3 is 3.09 bits per heavy atom. The van der Waals surface area contributed by atoms with Gasteiger partial charge in [-0.3, -0.25) is 0 Å². The molecule has 0 radical (unpaired) electrons. The molecule has 1 aromatic rings. The van der Waals surface area contributed by atoms with Gasteiger partial charge in [0.25, 0.3) is 0 Å². The van der Waals surface area contributed by atoms with E-state index in [0.29, 0.717) is 25.6 Å². The molecule has 0 spiro atoms. The van der Waals surface area contributed by atoms with Crippen LogP contribution in [0.1, 0.15) is 11.9 Å². The van der Waals surface area contributed by atoms with Crippen LogP contribution in [0.25, 0.3) is 0 Å². The molecule has 1 unspecified atom stereocenters. The van der Waals surface area contributed by atoms with Crippen molar-refractivity contribution < 1.29 is 9.47 Å². The third-order valence-corrected chi connectivity index (χ3v) is 1.47. The van der Waals surface area contributed by atoms with Crippen LogP contribution in [0.3, 0.4) is 0 Å². The number of nitrogens with zero attached hydrogens (tertiary/aromatic N) is 3. The molecule has 1 aliphatic heterocycles. The Hall–Kier alpha value is -1.01. The maximum absolute atomic E-state index is 5.31. The number of aromatic amines is 1. The normalized spacial score (nSPS) is 25.3. The van der Waals surface area contributed by atoms with Gasteiger partial charge in [0.05, 0.1) is 19.8 Å². The zero-order valence-electron chi connectivity index (χ0n) is 5.86. The lowest BCUT2D eigenvalue weighted by Gasteiger charge is -2.19. The van der Waals surface area contributed by atoms with Crippen LogP contribution in [0, 0.1) is 0 Å². The summed E-state index contributed by atoms with van der Waals surface area (Å²) in [5, 5.41) is 13.4. The van der Waals surface area contributed by atoms with Crippen molar-refractivity contribution in [3.8, 4) is 0 Å². The number of tetrazole rings is 1. The molecular weight excluding hydrogens is 148 g/mol. The van der Waals surface area contributed by atoms with E-state index in [2.05, 4.69) is 20.6 Å². The summed E-state index contributed by atoms with van der Waals surface area (Å²) in [4.78, 5) is 0. The molecular formula is C5H8N4O2. The van der Waals surface area contributed by atoms with E-state index in [4.69, 9.17) is 9.47 Å². The highest BCUT2D eigenvalue weighted by molar-refractivity contribution is 4.85. The SMILES string of the molecule is C1COC(c2nn[nH]n2)CO1. The van der Waals surface area contributed by atoms with E-state index >= 15 is 0 Å². The van der Waals surface area contributed by atoms with Crippen molar-refractivity contribution >= 4 is 0 Å². The molecule has 6 nitrogen and oxygen atoms in total. The summed E-state index contributed by atoms with van der Waals surface area (Å²) in [6.07, 6.45) is -0.150. The fourth-order valence-corrected chi connectivity index (χ4v) is 0.943. The van der Waals surface area contributed by atoms with Gasteiger partial charge >= 0.3 is 0 Å². The molecule has 2 heterocycles. The molecule has 0 bridgehead atoms. The number of hydrogen-bond donors (Lipinski definition) is 1. The van der Waals surface area contributed by atoms with E-state index in [1.165, 1.54) is 0 Å². The van der Waals surface area contributed by atoms with Crippen LogP contribution in [-0.4, -0.2) is 40.4 Å². The maximum atomic E-state index is 5.31. The minimum absolute atomic E-state index is 0.150. The molecule has 1 fully saturated rings. The van der Waals surface area contributed by atoms with Gasteiger partial charge in [0.2, 0.25) is 5.82 Å². The zero-order valence-corrected chi connectivity index (χ0v) is 5.86. The van der Waals surface area contributed by atoms with Crippen LogP contribution >= 0.6 is 0 Å². The summed E-state index contributed by atoms with van der Waals surface area (Å²) in [5.74, 6) is 0.560. The second-order valence-electron chi connectivity index (χ2n) is 2.20. The van der Waals surface area contributed by atoms with Gasteiger partial charge in [-0.25, -0.2) is 0 Å². The molecule has 2 rings (SSSR count). The first kappa shape index (κ1) is 6.68. The molecule has 1 N–H and O–H groups in total. The maximum Gasteiger partial charge on any atom is 0.205 e. The fourth-order valence-electron chi connectivity index (χ4n) is 0.943. The van der Waals surface area contributed by atoms with Crippen LogP contribution in [0.15, 0.2) is 0 Å². The molecule has 1 saturated heterocycles. The second-order valence-corrected chi connectivity index (χ2v) is 2.20. The standard InChI is InChI=1S/C5H8N4O2/c1-2-11-4(3-10-1)5-6-8-9-7-5/h4H,1-3H2,(H,6,7,8,9). The molecule has 1 aromatic heterocycles. The Bertz CT molecular complexity index is 206. The zero-order chi connectivity index (χ0) is 7.52. The summed E-state index contributed by atoms with van der Waals surface area (Å²) in [6, 6.07) is 0. The highest BCUT2D eigenvalue weighted by atomic mass is 16.6. The van der Waals surface area contributed by atoms with Crippen LogP contribution in [0.2, 0.25) is 0 Å². The molecule has 0 saturated carbocycles. The largest absolute Gasteiger partial charge is 0.376 e. The topological polar surface area (TPSA) is 72.9 Å². The van der Waals surface area contributed by atoms with Crippen LogP contribution in [-0.2, 0) is 9.47 Å². The average Bonchev–Trinajstić information content (AvgIpc) is 2.58. The Labute approximate surface area is 62.9 Å². The van der Waals surface area contributed by atoms with Crippen molar-refractivity contribution in [1.29, 1.82) is 0 Å². The summed E-state index contributed by atoms with van der Waals surface area (Å²) in [5.41, 5.74) is 0. The number of H-pyrrole nitrogens is 1. The quantitative estimate of drug-likeness (QED) is 0.581. The molecule has 0 amide bonds. The van der Waals surface area contributed by atoms with Gasteiger partial charge in [0, 0.05) is 0 Å². The number of aromatic nitrogens is 4. The first-order valence-corrected chi connectivity index (χ1v) is 3.39. The van der Waals surface area contributed by atoms with E-state index < -0.39 is 0 Å². The summed E-state index contributed by atoms with van der Waals surface area (Å²) in [7, 11) is 0. The van der Waals surface area contributed by atoms with Crippen molar-refractivity contribution in [2.45, 2.75) is 6.10 Å². The third-order valence-electron chi connectivity index (χ3n) is 1.47. The molecule has 6 heteroatoms. The van der Waals surface area contributed by atoms with E-state index in [0.717, 1.165) is 0 Å². The molecule has 0 aromatic carbocycles. The van der Waals surface area contributed by atoms with Gasteiger partial charge in [-0.1, -0.05) is 5.21 Å². The summed E-state index contributed by atoms with van der Waals surface area (Å²) in [6.45, 7) is 1.76. The minimum Gasteiger partial charge on any atom is -0.376 e. The highest BCUT2D eigenvalue weighted by Crippen LogP contribution is 2.14. The second kappa shape index (κ2) is 2.93. The first-order valence-electron chi connectivity index (χ1n) is 3.39. The summed E-state index contributed by atoms with van der Waals surface area (Å²) >= 11 is 0.